The van der Waals surface area contributed by atoms with Crippen molar-refractivity contribution in [3.8, 4) is 0 Å². The SMILES string of the molecule is C1=CC2CCC1C2.NP(O)O. The van der Waals surface area contributed by atoms with Crippen molar-refractivity contribution in [2.75, 3.05) is 0 Å². The fourth-order valence-electron chi connectivity index (χ4n) is 1.72. The van der Waals surface area contributed by atoms with E-state index >= 15 is 0 Å². The first-order chi connectivity index (χ1) is 5.18. The predicted molar refractivity (Wildman–Crippen MR) is 45.5 cm³/mol. The molecular weight excluding hydrogens is 161 g/mol. The van der Waals surface area contributed by atoms with E-state index in [9.17, 15) is 0 Å². The highest BCUT2D eigenvalue weighted by Crippen LogP contribution is 2.38. The van der Waals surface area contributed by atoms with E-state index in [-0.39, 0.29) is 0 Å². The summed E-state index contributed by atoms with van der Waals surface area (Å²) in [5, 5.41) is 0. The number of nitrogens with two attached hydrogens (primary N) is 1. The Hall–Kier alpha value is 0.0500. The number of hydrogen-bond donors (Lipinski definition) is 3. The molecule has 0 saturated heterocycles. The minimum Gasteiger partial charge on any atom is -0.338 e. The third kappa shape index (κ3) is 3.30. The molecule has 0 aliphatic heterocycles. The summed E-state index contributed by atoms with van der Waals surface area (Å²) >= 11 is 0. The van der Waals surface area contributed by atoms with Crippen LogP contribution in [-0.2, 0) is 0 Å². The van der Waals surface area contributed by atoms with Crippen molar-refractivity contribution in [2.45, 2.75) is 19.3 Å². The van der Waals surface area contributed by atoms with Crippen LogP contribution in [0.25, 0.3) is 0 Å². The standard InChI is InChI=1S/C7H10.H4NO2P/c1-2-7-4-3-6(1)5-7;1-4(2)3/h1-2,6-7H,3-5H2;2-3H,1H2. The van der Waals surface area contributed by atoms with Crippen LogP contribution in [0.2, 0.25) is 0 Å². The van der Waals surface area contributed by atoms with Crippen molar-refractivity contribution in [3.05, 3.63) is 12.2 Å². The minimum atomic E-state index is -2.12. The summed E-state index contributed by atoms with van der Waals surface area (Å²) in [7, 11) is -2.12. The lowest BCUT2D eigenvalue weighted by molar-refractivity contribution is 0.485. The molecule has 1 fully saturated rings. The third-order valence-corrected chi connectivity index (χ3v) is 2.17. The van der Waals surface area contributed by atoms with Gasteiger partial charge in [-0.2, -0.15) is 0 Å². The Balaban J connectivity index is 0.000000134. The molecule has 0 radical (unpaired) electrons. The molecule has 2 bridgehead atoms. The number of rotatable bonds is 0. The van der Waals surface area contributed by atoms with Crippen molar-refractivity contribution >= 4 is 8.53 Å². The zero-order valence-electron chi connectivity index (χ0n) is 6.35. The fraction of sp³-hybridized carbons (Fsp3) is 0.714. The molecule has 2 aliphatic rings. The Kier molecular flexibility index (Phi) is 3.46. The Morgan fingerprint density at radius 1 is 1.18 bits per heavy atom. The van der Waals surface area contributed by atoms with Gasteiger partial charge in [0.05, 0.1) is 0 Å². The molecule has 11 heavy (non-hydrogen) atoms. The van der Waals surface area contributed by atoms with Crippen molar-refractivity contribution < 1.29 is 9.79 Å². The summed E-state index contributed by atoms with van der Waals surface area (Å²) < 4.78 is 0. The lowest BCUT2D eigenvalue weighted by Crippen LogP contribution is -1.82. The topological polar surface area (TPSA) is 66.5 Å². The minimum absolute atomic E-state index is 0.991. The first-order valence-corrected chi connectivity index (χ1v) is 5.11. The van der Waals surface area contributed by atoms with E-state index in [1.807, 2.05) is 0 Å². The molecule has 3 nitrogen and oxygen atoms in total. The molecule has 2 aliphatic carbocycles. The van der Waals surface area contributed by atoms with Gasteiger partial charge in [0, 0.05) is 0 Å². The van der Waals surface area contributed by atoms with Gasteiger partial charge >= 0.3 is 0 Å². The molecule has 2 rings (SSSR count). The van der Waals surface area contributed by atoms with Gasteiger partial charge < -0.3 is 9.79 Å². The van der Waals surface area contributed by atoms with E-state index in [1.54, 1.807) is 0 Å². The molecule has 0 aromatic heterocycles. The average molecular weight is 175 g/mol. The molecule has 4 heteroatoms. The Morgan fingerprint density at radius 2 is 1.55 bits per heavy atom. The summed E-state index contributed by atoms with van der Waals surface area (Å²) in [6.45, 7) is 0. The second-order valence-electron chi connectivity index (χ2n) is 3.04. The predicted octanol–water partition coefficient (Wildman–Crippen LogP) is 1.13. The van der Waals surface area contributed by atoms with Crippen LogP contribution in [-0.4, -0.2) is 9.79 Å². The fourth-order valence-corrected chi connectivity index (χ4v) is 1.72. The lowest BCUT2D eigenvalue weighted by atomic mass is 10.1. The summed E-state index contributed by atoms with van der Waals surface area (Å²) in [6.07, 6.45) is 9.19. The highest BCUT2D eigenvalue weighted by Gasteiger charge is 2.25. The molecule has 0 aromatic rings. The van der Waals surface area contributed by atoms with Gasteiger partial charge in [-0.25, -0.2) is 0 Å². The molecule has 0 aromatic carbocycles. The number of allylic oxidation sites excluding steroid dienone is 2. The van der Waals surface area contributed by atoms with Gasteiger partial charge in [-0.3, -0.25) is 5.50 Å². The second-order valence-corrected chi connectivity index (χ2v) is 3.68. The van der Waals surface area contributed by atoms with E-state index < -0.39 is 8.53 Å². The Labute approximate surface area is 67.9 Å². The largest absolute Gasteiger partial charge is 0.338 e. The van der Waals surface area contributed by atoms with Crippen LogP contribution < -0.4 is 5.50 Å². The zero-order valence-corrected chi connectivity index (χ0v) is 7.24. The van der Waals surface area contributed by atoms with Gasteiger partial charge in [-0.15, -0.1) is 0 Å². The summed E-state index contributed by atoms with van der Waals surface area (Å²) in [6, 6.07) is 0. The monoisotopic (exact) mass is 175 g/mol. The van der Waals surface area contributed by atoms with E-state index in [0.29, 0.717) is 0 Å². The molecule has 0 spiro atoms. The van der Waals surface area contributed by atoms with Gasteiger partial charge in [0.2, 0.25) is 8.53 Å². The van der Waals surface area contributed by atoms with Crippen molar-refractivity contribution in [3.63, 3.8) is 0 Å². The Morgan fingerprint density at radius 3 is 1.64 bits per heavy atom. The summed E-state index contributed by atoms with van der Waals surface area (Å²) in [5.41, 5.74) is 4.29. The van der Waals surface area contributed by atoms with Crippen LogP contribution in [0.5, 0.6) is 0 Å². The van der Waals surface area contributed by atoms with E-state index in [2.05, 4.69) is 17.7 Å². The zero-order chi connectivity index (χ0) is 8.27. The quantitative estimate of drug-likeness (QED) is 0.382. The van der Waals surface area contributed by atoms with Crippen LogP contribution >= 0.6 is 8.53 Å². The molecule has 0 heterocycles. The first-order valence-electron chi connectivity index (χ1n) is 3.79. The molecule has 4 N–H and O–H groups in total. The highest BCUT2D eigenvalue weighted by atomic mass is 31.2. The lowest BCUT2D eigenvalue weighted by Gasteiger charge is -1.96. The van der Waals surface area contributed by atoms with Crippen molar-refractivity contribution in [1.29, 1.82) is 0 Å². The van der Waals surface area contributed by atoms with Crippen LogP contribution in [0.4, 0.5) is 0 Å². The van der Waals surface area contributed by atoms with Gasteiger partial charge in [-0.05, 0) is 31.1 Å². The maximum absolute atomic E-state index is 7.45. The van der Waals surface area contributed by atoms with Gasteiger partial charge in [0.1, 0.15) is 0 Å². The van der Waals surface area contributed by atoms with Gasteiger partial charge in [0.15, 0.2) is 0 Å². The molecule has 2 atom stereocenters. The third-order valence-electron chi connectivity index (χ3n) is 2.17. The maximum atomic E-state index is 7.45. The summed E-state index contributed by atoms with van der Waals surface area (Å²) in [5.74, 6) is 1.98. The van der Waals surface area contributed by atoms with Crippen molar-refractivity contribution in [2.24, 2.45) is 17.3 Å². The van der Waals surface area contributed by atoms with Crippen LogP contribution in [0.15, 0.2) is 12.2 Å². The number of fused-ring (bicyclic) bond motifs is 2. The van der Waals surface area contributed by atoms with Crippen molar-refractivity contribution in [1.82, 2.24) is 0 Å². The molecule has 64 valence electrons. The first kappa shape index (κ1) is 9.14. The molecular formula is C7H14NO2P. The van der Waals surface area contributed by atoms with E-state index in [1.165, 1.54) is 19.3 Å². The summed E-state index contributed by atoms with van der Waals surface area (Å²) in [4.78, 5) is 14.9. The van der Waals surface area contributed by atoms with Crippen LogP contribution in [0, 0.1) is 11.8 Å². The van der Waals surface area contributed by atoms with E-state index in [0.717, 1.165) is 11.8 Å². The number of hydrogen-bond acceptors (Lipinski definition) is 3. The highest BCUT2D eigenvalue weighted by molar-refractivity contribution is 7.42. The maximum Gasteiger partial charge on any atom is 0.247 e. The van der Waals surface area contributed by atoms with Gasteiger partial charge in [0.25, 0.3) is 0 Å². The molecule has 2 unspecified atom stereocenters. The van der Waals surface area contributed by atoms with Gasteiger partial charge in [-0.1, -0.05) is 12.2 Å². The molecule has 0 amide bonds. The van der Waals surface area contributed by atoms with Crippen LogP contribution in [0.3, 0.4) is 0 Å². The second kappa shape index (κ2) is 4.17. The smallest absolute Gasteiger partial charge is 0.247 e. The average Bonchev–Trinajstić information content (AvgIpc) is 2.45. The van der Waals surface area contributed by atoms with E-state index in [4.69, 9.17) is 9.79 Å². The van der Waals surface area contributed by atoms with Crippen LogP contribution in [0.1, 0.15) is 19.3 Å². The normalized spacial score (nSPS) is 32.4. The Bertz CT molecular complexity index is 135. The molecule has 1 saturated carbocycles.